The van der Waals surface area contributed by atoms with Crippen molar-refractivity contribution in [2.75, 3.05) is 6.61 Å². The standard InChI is InChI=1S/C12H13BO4/c1-3-16-12(14)8(2)10-6-4-5-9-7-17-13(15)11(9)10/h4-6,15H,2-3,7H2,1H3. The second kappa shape index (κ2) is 4.73. The maximum Gasteiger partial charge on any atom is 0.492 e. The number of esters is 1. The van der Waals surface area contributed by atoms with E-state index in [9.17, 15) is 9.82 Å². The van der Waals surface area contributed by atoms with E-state index in [1.165, 1.54) is 0 Å². The number of ether oxygens (including phenoxy) is 1. The molecule has 0 spiro atoms. The third kappa shape index (κ3) is 2.11. The summed E-state index contributed by atoms with van der Waals surface area (Å²) in [7, 11) is -0.993. The van der Waals surface area contributed by atoms with Gasteiger partial charge in [0.25, 0.3) is 0 Å². The first-order valence-electron chi connectivity index (χ1n) is 5.43. The summed E-state index contributed by atoms with van der Waals surface area (Å²) >= 11 is 0. The molecule has 1 aliphatic heterocycles. The molecule has 5 heteroatoms. The van der Waals surface area contributed by atoms with Gasteiger partial charge in [0.1, 0.15) is 0 Å². The fourth-order valence-electron chi connectivity index (χ4n) is 1.87. The topological polar surface area (TPSA) is 55.8 Å². The Morgan fingerprint density at radius 2 is 2.41 bits per heavy atom. The van der Waals surface area contributed by atoms with Gasteiger partial charge < -0.3 is 14.4 Å². The lowest BCUT2D eigenvalue weighted by Gasteiger charge is -2.10. The van der Waals surface area contributed by atoms with Crippen LogP contribution in [-0.2, 0) is 20.8 Å². The first kappa shape index (κ1) is 11.9. The first-order valence-corrected chi connectivity index (χ1v) is 5.43. The number of carbonyl (C=O) groups is 1. The van der Waals surface area contributed by atoms with Crippen LogP contribution in [0.25, 0.3) is 5.57 Å². The summed E-state index contributed by atoms with van der Waals surface area (Å²) in [5.74, 6) is -0.472. The second-order valence-electron chi connectivity index (χ2n) is 3.74. The molecule has 0 atom stereocenters. The van der Waals surface area contributed by atoms with Crippen LogP contribution < -0.4 is 5.46 Å². The molecule has 1 aromatic rings. The van der Waals surface area contributed by atoms with Crippen molar-refractivity contribution in [2.24, 2.45) is 0 Å². The van der Waals surface area contributed by atoms with E-state index < -0.39 is 13.1 Å². The van der Waals surface area contributed by atoms with Crippen molar-refractivity contribution in [1.82, 2.24) is 0 Å². The molecule has 2 rings (SSSR count). The molecular weight excluding hydrogens is 219 g/mol. The van der Waals surface area contributed by atoms with E-state index in [-0.39, 0.29) is 5.57 Å². The maximum absolute atomic E-state index is 11.6. The molecule has 0 radical (unpaired) electrons. The molecule has 0 saturated carbocycles. The Hall–Kier alpha value is -1.59. The summed E-state index contributed by atoms with van der Waals surface area (Å²) < 4.78 is 10.0. The van der Waals surface area contributed by atoms with Crippen molar-refractivity contribution in [1.29, 1.82) is 0 Å². The van der Waals surface area contributed by atoms with E-state index in [0.29, 0.717) is 24.2 Å². The Morgan fingerprint density at radius 1 is 1.65 bits per heavy atom. The quantitative estimate of drug-likeness (QED) is 0.468. The number of benzene rings is 1. The van der Waals surface area contributed by atoms with Crippen LogP contribution in [0.4, 0.5) is 0 Å². The van der Waals surface area contributed by atoms with Crippen LogP contribution in [0.2, 0.25) is 0 Å². The van der Waals surface area contributed by atoms with Gasteiger partial charge in [-0.3, -0.25) is 0 Å². The minimum Gasteiger partial charge on any atom is -0.462 e. The smallest absolute Gasteiger partial charge is 0.462 e. The predicted octanol–water partition coefficient (Wildman–Crippen LogP) is 0.481. The van der Waals surface area contributed by atoms with Crippen LogP contribution >= 0.6 is 0 Å². The van der Waals surface area contributed by atoms with Crippen LogP contribution in [0.5, 0.6) is 0 Å². The van der Waals surface area contributed by atoms with E-state index in [0.717, 1.165) is 5.56 Å². The lowest BCUT2D eigenvalue weighted by Crippen LogP contribution is -2.32. The van der Waals surface area contributed by atoms with E-state index in [1.807, 2.05) is 6.07 Å². The molecule has 0 unspecified atom stereocenters. The van der Waals surface area contributed by atoms with Crippen molar-refractivity contribution in [2.45, 2.75) is 13.5 Å². The summed E-state index contributed by atoms with van der Waals surface area (Å²) in [5, 5.41) is 9.71. The van der Waals surface area contributed by atoms with Gasteiger partial charge in [-0.15, -0.1) is 0 Å². The Bertz CT molecular complexity index is 470. The summed E-state index contributed by atoms with van der Waals surface area (Å²) in [4.78, 5) is 11.6. The molecule has 0 aromatic heterocycles. The van der Waals surface area contributed by atoms with Crippen molar-refractivity contribution < 1.29 is 19.2 Å². The van der Waals surface area contributed by atoms with Gasteiger partial charge >= 0.3 is 13.1 Å². The molecule has 4 nitrogen and oxygen atoms in total. The minimum atomic E-state index is -0.993. The van der Waals surface area contributed by atoms with E-state index in [2.05, 4.69) is 6.58 Å². The number of carbonyl (C=O) groups excluding carboxylic acids is 1. The third-order valence-electron chi connectivity index (χ3n) is 2.69. The molecule has 0 aliphatic carbocycles. The first-order chi connectivity index (χ1) is 8.15. The van der Waals surface area contributed by atoms with Gasteiger partial charge in [0.05, 0.1) is 18.8 Å². The lowest BCUT2D eigenvalue weighted by atomic mass is 9.74. The summed E-state index contributed by atoms with van der Waals surface area (Å²) in [6.07, 6.45) is 0. The third-order valence-corrected chi connectivity index (χ3v) is 2.69. The van der Waals surface area contributed by atoms with Gasteiger partial charge in [-0.05, 0) is 23.5 Å². The fourth-order valence-corrected chi connectivity index (χ4v) is 1.87. The zero-order valence-electron chi connectivity index (χ0n) is 9.60. The van der Waals surface area contributed by atoms with Crippen LogP contribution in [0.15, 0.2) is 24.8 Å². The van der Waals surface area contributed by atoms with Crippen LogP contribution in [0.1, 0.15) is 18.1 Å². The molecule has 1 aliphatic rings. The number of hydrogen-bond donors (Lipinski definition) is 1. The van der Waals surface area contributed by atoms with Gasteiger partial charge in [0, 0.05) is 0 Å². The highest BCUT2D eigenvalue weighted by atomic mass is 16.5. The molecule has 17 heavy (non-hydrogen) atoms. The van der Waals surface area contributed by atoms with Gasteiger partial charge in [-0.25, -0.2) is 4.79 Å². The Kier molecular flexibility index (Phi) is 3.31. The SMILES string of the molecule is C=C(C(=O)OCC)c1cccc2c1B(O)OC2. The summed E-state index contributed by atoms with van der Waals surface area (Å²) in [6.45, 7) is 6.09. The van der Waals surface area contributed by atoms with Gasteiger partial charge in [0.15, 0.2) is 0 Å². The number of fused-ring (bicyclic) bond motifs is 1. The molecular formula is C12H13BO4. The van der Waals surface area contributed by atoms with Gasteiger partial charge in [0.2, 0.25) is 0 Å². The van der Waals surface area contributed by atoms with Crippen LogP contribution in [0.3, 0.4) is 0 Å². The Labute approximate surface area is 100 Å². The van der Waals surface area contributed by atoms with Crippen LogP contribution in [0, 0.1) is 0 Å². The highest BCUT2D eigenvalue weighted by Crippen LogP contribution is 2.19. The summed E-state index contributed by atoms with van der Waals surface area (Å²) in [5.41, 5.74) is 2.32. The van der Waals surface area contributed by atoms with Crippen LogP contribution in [-0.4, -0.2) is 24.7 Å². The highest BCUT2D eigenvalue weighted by molar-refractivity contribution is 6.63. The second-order valence-corrected chi connectivity index (χ2v) is 3.74. The summed E-state index contributed by atoms with van der Waals surface area (Å²) in [6, 6.07) is 5.39. The Morgan fingerprint density at radius 3 is 3.12 bits per heavy atom. The largest absolute Gasteiger partial charge is 0.492 e. The molecule has 1 heterocycles. The van der Waals surface area contributed by atoms with Crippen molar-refractivity contribution in [3.63, 3.8) is 0 Å². The average molecular weight is 232 g/mol. The normalized spacial score (nSPS) is 13.4. The van der Waals surface area contributed by atoms with Crippen molar-refractivity contribution >= 4 is 24.1 Å². The Balaban J connectivity index is 2.37. The monoisotopic (exact) mass is 232 g/mol. The predicted molar refractivity (Wildman–Crippen MR) is 64.5 cm³/mol. The minimum absolute atomic E-state index is 0.244. The van der Waals surface area contributed by atoms with Crippen molar-refractivity contribution in [3.05, 3.63) is 35.9 Å². The zero-order valence-corrected chi connectivity index (χ0v) is 9.60. The molecule has 88 valence electrons. The highest BCUT2D eigenvalue weighted by Gasteiger charge is 2.31. The van der Waals surface area contributed by atoms with E-state index in [4.69, 9.17) is 9.39 Å². The maximum atomic E-state index is 11.6. The van der Waals surface area contributed by atoms with Gasteiger partial charge in [-0.1, -0.05) is 24.8 Å². The van der Waals surface area contributed by atoms with Gasteiger partial charge in [-0.2, -0.15) is 0 Å². The fraction of sp³-hybridized carbons (Fsp3) is 0.250. The molecule has 0 amide bonds. The number of hydrogen-bond acceptors (Lipinski definition) is 4. The van der Waals surface area contributed by atoms with Crippen molar-refractivity contribution in [3.8, 4) is 0 Å². The molecule has 0 saturated heterocycles. The molecule has 1 N–H and O–H groups in total. The number of rotatable bonds is 3. The zero-order chi connectivity index (χ0) is 12.4. The average Bonchev–Trinajstić information content (AvgIpc) is 2.71. The molecule has 1 aromatic carbocycles. The van der Waals surface area contributed by atoms with E-state index in [1.54, 1.807) is 19.1 Å². The van der Waals surface area contributed by atoms with E-state index >= 15 is 0 Å². The molecule has 0 fully saturated rings. The lowest BCUT2D eigenvalue weighted by molar-refractivity contribution is -0.136. The molecule has 0 bridgehead atoms.